The lowest BCUT2D eigenvalue weighted by molar-refractivity contribution is -0.137. The Kier molecular flexibility index (Phi) is 12.4. The molecule has 2 aromatic heterocycles. The number of fused-ring (bicyclic) bond motifs is 1. The molecular formula is C33H46N10O5. The summed E-state index contributed by atoms with van der Waals surface area (Å²) in [6.07, 6.45) is 2.97. The summed E-state index contributed by atoms with van der Waals surface area (Å²) in [7, 11) is 1.79. The van der Waals surface area contributed by atoms with Gasteiger partial charge in [-0.25, -0.2) is 9.67 Å². The molecule has 0 saturated heterocycles. The molecule has 0 fully saturated rings. The lowest BCUT2D eigenvalue weighted by atomic mass is 10.0. The SMILES string of the molecule is CC(C)C[C@H]1NC(=O)[C@@H](C)NC(=O)CN(C(=O)CCc2ccnn2C)CCCNC(=O)Cn2nc(-c3ccccc3)nc2[C@H](C)NC1=O. The summed E-state index contributed by atoms with van der Waals surface area (Å²) < 4.78 is 3.15. The van der Waals surface area contributed by atoms with Crippen LogP contribution in [0.2, 0.25) is 0 Å². The van der Waals surface area contributed by atoms with Crippen molar-refractivity contribution < 1.29 is 24.0 Å². The molecule has 3 atom stereocenters. The summed E-state index contributed by atoms with van der Waals surface area (Å²) >= 11 is 0. The van der Waals surface area contributed by atoms with Gasteiger partial charge >= 0.3 is 0 Å². The van der Waals surface area contributed by atoms with E-state index < -0.39 is 35.8 Å². The van der Waals surface area contributed by atoms with Crippen LogP contribution in [-0.2, 0) is 44.0 Å². The van der Waals surface area contributed by atoms with Gasteiger partial charge in [-0.2, -0.15) is 10.2 Å². The first kappa shape index (κ1) is 35.8. The van der Waals surface area contributed by atoms with E-state index in [0.29, 0.717) is 30.9 Å². The van der Waals surface area contributed by atoms with E-state index in [4.69, 9.17) is 0 Å². The highest BCUT2D eigenvalue weighted by atomic mass is 16.2. The van der Waals surface area contributed by atoms with E-state index in [1.807, 2.05) is 50.2 Å². The molecule has 0 aliphatic carbocycles. The van der Waals surface area contributed by atoms with Crippen LogP contribution in [0.1, 0.15) is 64.5 Å². The number of nitrogens with one attached hydrogen (secondary N) is 4. The fourth-order valence-electron chi connectivity index (χ4n) is 5.43. The van der Waals surface area contributed by atoms with Gasteiger partial charge in [0.1, 0.15) is 24.5 Å². The minimum absolute atomic E-state index is 0.0609. The smallest absolute Gasteiger partial charge is 0.243 e. The van der Waals surface area contributed by atoms with Crippen molar-refractivity contribution in [2.75, 3.05) is 19.6 Å². The molecule has 15 heteroatoms. The number of hydrogen-bond acceptors (Lipinski definition) is 8. The predicted octanol–water partition coefficient (Wildman–Crippen LogP) is 0.873. The molecule has 5 amide bonds. The molecule has 1 aliphatic rings. The number of hydrogen-bond donors (Lipinski definition) is 4. The third-order valence-electron chi connectivity index (χ3n) is 8.01. The van der Waals surface area contributed by atoms with Gasteiger partial charge in [0.2, 0.25) is 29.5 Å². The Bertz CT molecular complexity index is 1580. The number of rotatable bonds is 6. The highest BCUT2D eigenvalue weighted by Crippen LogP contribution is 2.19. The van der Waals surface area contributed by atoms with Gasteiger partial charge in [-0.1, -0.05) is 44.2 Å². The van der Waals surface area contributed by atoms with Crippen LogP contribution in [0.3, 0.4) is 0 Å². The largest absolute Gasteiger partial charge is 0.354 e. The zero-order chi connectivity index (χ0) is 34.8. The third kappa shape index (κ3) is 9.96. The van der Waals surface area contributed by atoms with Gasteiger partial charge in [0.05, 0.1) is 12.6 Å². The maximum atomic E-state index is 13.6. The first-order valence-electron chi connectivity index (χ1n) is 16.3. The van der Waals surface area contributed by atoms with Crippen molar-refractivity contribution in [1.29, 1.82) is 0 Å². The first-order chi connectivity index (χ1) is 22.9. The van der Waals surface area contributed by atoms with Gasteiger partial charge in [-0.15, -0.1) is 0 Å². The third-order valence-corrected chi connectivity index (χ3v) is 8.01. The summed E-state index contributed by atoms with van der Waals surface area (Å²) in [5, 5.41) is 20.0. The number of carbonyl (C=O) groups is 5. The Hall–Kier alpha value is -5.08. The molecule has 0 radical (unpaired) electrons. The molecule has 15 nitrogen and oxygen atoms in total. The Labute approximate surface area is 280 Å². The van der Waals surface area contributed by atoms with Crippen LogP contribution >= 0.6 is 0 Å². The van der Waals surface area contributed by atoms with E-state index in [1.165, 1.54) is 16.5 Å². The summed E-state index contributed by atoms with van der Waals surface area (Å²) in [5.74, 6) is -1.23. The van der Waals surface area contributed by atoms with E-state index in [9.17, 15) is 24.0 Å². The minimum Gasteiger partial charge on any atom is -0.354 e. The molecule has 258 valence electrons. The molecule has 1 aliphatic heterocycles. The Morgan fingerprint density at radius 1 is 0.938 bits per heavy atom. The van der Waals surface area contributed by atoms with Crippen LogP contribution in [0.5, 0.6) is 0 Å². The fraction of sp³-hybridized carbons (Fsp3) is 0.515. The maximum absolute atomic E-state index is 13.6. The van der Waals surface area contributed by atoms with Crippen molar-refractivity contribution in [3.05, 3.63) is 54.1 Å². The maximum Gasteiger partial charge on any atom is 0.243 e. The van der Waals surface area contributed by atoms with Crippen LogP contribution in [-0.4, -0.2) is 90.7 Å². The van der Waals surface area contributed by atoms with E-state index in [2.05, 4.69) is 36.4 Å². The second-order valence-corrected chi connectivity index (χ2v) is 12.5. The van der Waals surface area contributed by atoms with Crippen molar-refractivity contribution >= 4 is 29.5 Å². The van der Waals surface area contributed by atoms with E-state index >= 15 is 0 Å². The molecule has 0 saturated carbocycles. The second kappa shape index (κ2) is 16.7. The van der Waals surface area contributed by atoms with Gasteiger partial charge in [-0.05, 0) is 45.1 Å². The number of aromatic nitrogens is 5. The minimum atomic E-state index is -0.971. The zero-order valence-corrected chi connectivity index (χ0v) is 28.2. The number of benzene rings is 1. The zero-order valence-electron chi connectivity index (χ0n) is 28.2. The van der Waals surface area contributed by atoms with E-state index in [1.54, 1.807) is 24.9 Å². The first-order valence-corrected chi connectivity index (χ1v) is 16.3. The molecule has 4 rings (SSSR count). The lowest BCUT2D eigenvalue weighted by Crippen LogP contribution is -2.54. The number of carbonyl (C=O) groups excluding carboxylic acids is 5. The molecule has 0 spiro atoms. The van der Waals surface area contributed by atoms with Crippen molar-refractivity contribution in [1.82, 2.24) is 50.7 Å². The topological polar surface area (TPSA) is 185 Å². The van der Waals surface area contributed by atoms with Crippen molar-refractivity contribution in [3.8, 4) is 11.4 Å². The molecule has 0 bridgehead atoms. The second-order valence-electron chi connectivity index (χ2n) is 12.5. The molecule has 48 heavy (non-hydrogen) atoms. The predicted molar refractivity (Wildman–Crippen MR) is 177 cm³/mol. The monoisotopic (exact) mass is 662 g/mol. The van der Waals surface area contributed by atoms with E-state index in [-0.39, 0.29) is 50.3 Å². The summed E-state index contributed by atoms with van der Waals surface area (Å²) in [6, 6.07) is 8.60. The summed E-state index contributed by atoms with van der Waals surface area (Å²) in [4.78, 5) is 72.3. The number of nitrogens with zero attached hydrogens (tertiary/aromatic N) is 6. The lowest BCUT2D eigenvalue weighted by Gasteiger charge is -2.25. The van der Waals surface area contributed by atoms with Crippen molar-refractivity contribution in [2.45, 2.75) is 78.0 Å². The number of aryl methyl sites for hydroxylation is 2. The average molecular weight is 663 g/mol. The Balaban J connectivity index is 1.58. The van der Waals surface area contributed by atoms with Crippen LogP contribution in [0.15, 0.2) is 42.6 Å². The normalized spacial score (nSPS) is 20.5. The Morgan fingerprint density at radius 2 is 1.69 bits per heavy atom. The van der Waals surface area contributed by atoms with Gasteiger partial charge in [0.25, 0.3) is 0 Å². The molecule has 0 unspecified atom stereocenters. The molecule has 3 aromatic rings. The molecular weight excluding hydrogens is 616 g/mol. The Morgan fingerprint density at radius 3 is 2.38 bits per heavy atom. The molecule has 1 aromatic carbocycles. The number of amides is 5. The van der Waals surface area contributed by atoms with Crippen molar-refractivity contribution in [2.24, 2.45) is 13.0 Å². The van der Waals surface area contributed by atoms with Crippen molar-refractivity contribution in [3.63, 3.8) is 0 Å². The summed E-state index contributed by atoms with van der Waals surface area (Å²) in [5.41, 5.74) is 1.62. The average Bonchev–Trinajstić information content (AvgIpc) is 3.66. The van der Waals surface area contributed by atoms with Gasteiger partial charge < -0.3 is 26.2 Å². The highest BCUT2D eigenvalue weighted by molar-refractivity contribution is 5.93. The standard InChI is InChI=1S/C33H46N10O5/c1-21(2)18-26-33(48)37-22(3)31-39-30(24-10-7-6-8-11-24)40-43(31)20-27(44)34-15-9-17-42(19-28(45)36-23(4)32(47)38-26)29(46)13-12-25-14-16-35-41(25)5/h6-8,10-11,14,16,21-23,26H,9,12-13,15,17-20H2,1-5H3,(H,34,44)(H,36,45)(H,37,48)(H,38,47)/t22-,23+,26+/m0/s1. The van der Waals surface area contributed by atoms with Gasteiger partial charge in [-0.3, -0.25) is 28.7 Å². The van der Waals surface area contributed by atoms with E-state index in [0.717, 1.165) is 11.3 Å². The molecule has 4 N–H and O–H groups in total. The van der Waals surface area contributed by atoms with Crippen LogP contribution in [0, 0.1) is 5.92 Å². The quantitative estimate of drug-likeness (QED) is 0.300. The molecule has 3 heterocycles. The highest BCUT2D eigenvalue weighted by Gasteiger charge is 2.29. The summed E-state index contributed by atoms with van der Waals surface area (Å²) in [6.45, 7) is 7.15. The fourth-order valence-corrected chi connectivity index (χ4v) is 5.43. The van der Waals surface area contributed by atoms with Crippen LogP contribution in [0.25, 0.3) is 11.4 Å². The van der Waals surface area contributed by atoms with Crippen LogP contribution < -0.4 is 21.3 Å². The van der Waals surface area contributed by atoms with Gasteiger partial charge in [0, 0.05) is 44.0 Å². The van der Waals surface area contributed by atoms with Gasteiger partial charge in [0.15, 0.2) is 5.82 Å². The van der Waals surface area contributed by atoms with Crippen LogP contribution in [0.4, 0.5) is 0 Å².